The molecule has 0 bridgehead atoms. The van der Waals surface area contributed by atoms with Gasteiger partial charge in [-0.2, -0.15) is 0 Å². The summed E-state index contributed by atoms with van der Waals surface area (Å²) in [5, 5.41) is 0.505. The molecule has 0 unspecified atom stereocenters. The summed E-state index contributed by atoms with van der Waals surface area (Å²) in [5.41, 5.74) is 0.859. The average molecular weight is 340 g/mol. The molecule has 126 valence electrons. The van der Waals surface area contributed by atoms with Crippen molar-refractivity contribution < 1.29 is 19.0 Å². The maximum atomic E-state index is 12.5. The van der Waals surface area contributed by atoms with Gasteiger partial charge in [0.2, 0.25) is 5.91 Å². The Balaban J connectivity index is 1.67. The van der Waals surface area contributed by atoms with Gasteiger partial charge in [0.25, 0.3) is 0 Å². The van der Waals surface area contributed by atoms with E-state index in [-0.39, 0.29) is 12.0 Å². The van der Waals surface area contributed by atoms with Gasteiger partial charge in [-0.05, 0) is 30.5 Å². The van der Waals surface area contributed by atoms with Crippen LogP contribution in [0.4, 0.5) is 0 Å². The van der Waals surface area contributed by atoms with Crippen LogP contribution >= 0.6 is 11.6 Å². The zero-order chi connectivity index (χ0) is 16.2. The summed E-state index contributed by atoms with van der Waals surface area (Å²) in [6.45, 7) is 2.69. The van der Waals surface area contributed by atoms with E-state index in [0.717, 1.165) is 37.9 Å². The van der Waals surface area contributed by atoms with Crippen molar-refractivity contribution in [3.05, 3.63) is 22.7 Å². The van der Waals surface area contributed by atoms with Crippen molar-refractivity contribution in [2.24, 2.45) is 0 Å². The largest absolute Gasteiger partial charge is 0.489 e. The van der Waals surface area contributed by atoms with Gasteiger partial charge in [0.05, 0.1) is 30.8 Å². The third-order valence-electron chi connectivity index (χ3n) is 4.35. The predicted octanol–water partition coefficient (Wildman–Crippen LogP) is 2.68. The van der Waals surface area contributed by atoms with Crippen LogP contribution in [0.2, 0.25) is 5.02 Å². The van der Waals surface area contributed by atoms with Crippen LogP contribution in [-0.2, 0) is 16.0 Å². The van der Waals surface area contributed by atoms with Crippen molar-refractivity contribution in [2.45, 2.75) is 31.8 Å². The van der Waals surface area contributed by atoms with E-state index < -0.39 is 0 Å². The van der Waals surface area contributed by atoms with Gasteiger partial charge >= 0.3 is 0 Å². The Morgan fingerprint density at radius 1 is 1.30 bits per heavy atom. The highest BCUT2D eigenvalue weighted by atomic mass is 35.5. The molecule has 1 amide bonds. The molecule has 0 radical (unpaired) electrons. The van der Waals surface area contributed by atoms with Crippen LogP contribution in [0.25, 0.3) is 0 Å². The number of fused-ring (bicyclic) bond motifs is 1. The molecule has 0 atom stereocenters. The zero-order valence-corrected chi connectivity index (χ0v) is 14.1. The summed E-state index contributed by atoms with van der Waals surface area (Å²) < 4.78 is 16.6. The molecule has 0 saturated carbocycles. The summed E-state index contributed by atoms with van der Waals surface area (Å²) >= 11 is 6.28. The van der Waals surface area contributed by atoms with E-state index in [1.54, 1.807) is 13.2 Å². The van der Waals surface area contributed by atoms with E-state index >= 15 is 0 Å². The van der Waals surface area contributed by atoms with Crippen LogP contribution in [0, 0.1) is 0 Å². The molecule has 6 heteroatoms. The topological polar surface area (TPSA) is 48.0 Å². The quantitative estimate of drug-likeness (QED) is 0.849. The monoisotopic (exact) mass is 339 g/mol. The highest BCUT2D eigenvalue weighted by Gasteiger charge is 2.23. The Bertz CT molecular complexity index is 570. The molecule has 1 aromatic carbocycles. The second-order valence-electron chi connectivity index (χ2n) is 5.95. The minimum atomic E-state index is 0.116. The van der Waals surface area contributed by atoms with E-state index in [2.05, 4.69) is 0 Å². The Hall–Kier alpha value is -1.46. The first-order valence-electron chi connectivity index (χ1n) is 8.06. The van der Waals surface area contributed by atoms with Gasteiger partial charge in [-0.15, -0.1) is 0 Å². The SMILES string of the molecule is COC1CCN(C(=O)Cc2cc(Cl)c3c(c2)OCCCO3)CC1. The number of rotatable bonds is 3. The van der Waals surface area contributed by atoms with Crippen molar-refractivity contribution in [1.29, 1.82) is 0 Å². The smallest absolute Gasteiger partial charge is 0.226 e. The number of benzene rings is 1. The Morgan fingerprint density at radius 3 is 2.78 bits per heavy atom. The molecule has 2 aliphatic rings. The average Bonchev–Trinajstić information content (AvgIpc) is 2.80. The van der Waals surface area contributed by atoms with Gasteiger partial charge < -0.3 is 19.1 Å². The van der Waals surface area contributed by atoms with E-state index in [1.165, 1.54) is 0 Å². The Labute approximate surface area is 141 Å². The minimum absolute atomic E-state index is 0.116. The fraction of sp³-hybridized carbons (Fsp3) is 0.588. The van der Waals surface area contributed by atoms with Crippen LogP contribution in [0.1, 0.15) is 24.8 Å². The molecule has 1 saturated heterocycles. The Kier molecular flexibility index (Phi) is 5.28. The Morgan fingerprint density at radius 2 is 2.04 bits per heavy atom. The molecule has 0 N–H and O–H groups in total. The normalized spacial score (nSPS) is 18.6. The van der Waals surface area contributed by atoms with E-state index in [9.17, 15) is 4.79 Å². The lowest BCUT2D eigenvalue weighted by Gasteiger charge is -2.31. The standard InChI is InChI=1S/C17H22ClNO4/c1-21-13-3-5-19(6-4-13)16(20)11-12-9-14(18)17-15(10-12)22-7-2-8-23-17/h9-10,13H,2-8,11H2,1H3. The number of likely N-dealkylation sites (tertiary alicyclic amines) is 1. The number of amides is 1. The van der Waals surface area contributed by atoms with Gasteiger partial charge in [0.15, 0.2) is 11.5 Å². The van der Waals surface area contributed by atoms with Crippen LogP contribution in [0.15, 0.2) is 12.1 Å². The molecule has 0 spiro atoms. The fourth-order valence-corrected chi connectivity index (χ4v) is 3.30. The fourth-order valence-electron chi connectivity index (χ4n) is 3.01. The van der Waals surface area contributed by atoms with Gasteiger partial charge in [-0.25, -0.2) is 0 Å². The van der Waals surface area contributed by atoms with Crippen LogP contribution in [0.3, 0.4) is 0 Å². The molecule has 5 nitrogen and oxygen atoms in total. The zero-order valence-electron chi connectivity index (χ0n) is 13.3. The number of hydrogen-bond acceptors (Lipinski definition) is 4. The van der Waals surface area contributed by atoms with Gasteiger partial charge in [-0.3, -0.25) is 4.79 Å². The second-order valence-corrected chi connectivity index (χ2v) is 6.36. The third-order valence-corrected chi connectivity index (χ3v) is 4.63. The first-order valence-corrected chi connectivity index (χ1v) is 8.43. The second kappa shape index (κ2) is 7.41. The molecule has 1 aromatic rings. The summed E-state index contributed by atoms with van der Waals surface area (Å²) in [4.78, 5) is 14.4. The summed E-state index contributed by atoms with van der Waals surface area (Å²) in [6, 6.07) is 3.67. The van der Waals surface area contributed by atoms with Gasteiger partial charge in [0.1, 0.15) is 0 Å². The minimum Gasteiger partial charge on any atom is -0.489 e. The number of hydrogen-bond donors (Lipinski definition) is 0. The molecule has 23 heavy (non-hydrogen) atoms. The molecular weight excluding hydrogens is 318 g/mol. The van der Waals surface area contributed by atoms with E-state index in [0.29, 0.717) is 36.2 Å². The molecule has 2 heterocycles. The van der Waals surface area contributed by atoms with E-state index in [4.69, 9.17) is 25.8 Å². The number of piperidine rings is 1. The van der Waals surface area contributed by atoms with Crippen molar-refractivity contribution in [3.63, 3.8) is 0 Å². The first-order chi connectivity index (χ1) is 11.2. The van der Waals surface area contributed by atoms with Crippen molar-refractivity contribution >= 4 is 17.5 Å². The molecular formula is C17H22ClNO4. The van der Waals surface area contributed by atoms with Crippen molar-refractivity contribution in [1.82, 2.24) is 4.90 Å². The predicted molar refractivity (Wildman–Crippen MR) is 87.4 cm³/mol. The maximum absolute atomic E-state index is 12.5. The highest BCUT2D eigenvalue weighted by molar-refractivity contribution is 6.32. The van der Waals surface area contributed by atoms with E-state index in [1.807, 2.05) is 11.0 Å². The molecule has 0 aromatic heterocycles. The molecule has 0 aliphatic carbocycles. The van der Waals surface area contributed by atoms with Crippen molar-refractivity contribution in [3.8, 4) is 11.5 Å². The maximum Gasteiger partial charge on any atom is 0.226 e. The summed E-state index contributed by atoms with van der Waals surface area (Å²) in [5.74, 6) is 1.34. The number of carbonyl (C=O) groups is 1. The highest BCUT2D eigenvalue weighted by Crippen LogP contribution is 2.38. The summed E-state index contributed by atoms with van der Waals surface area (Å²) in [7, 11) is 1.72. The molecule has 1 fully saturated rings. The molecule has 3 rings (SSSR count). The van der Waals surface area contributed by atoms with Crippen LogP contribution < -0.4 is 9.47 Å². The van der Waals surface area contributed by atoms with Gasteiger partial charge in [-0.1, -0.05) is 11.6 Å². The number of methoxy groups -OCH3 is 1. The number of halogens is 1. The lowest BCUT2D eigenvalue weighted by Crippen LogP contribution is -2.41. The third kappa shape index (κ3) is 3.90. The number of nitrogens with zero attached hydrogens (tertiary/aromatic N) is 1. The molecule has 2 aliphatic heterocycles. The lowest BCUT2D eigenvalue weighted by atomic mass is 10.1. The van der Waals surface area contributed by atoms with Crippen LogP contribution in [-0.4, -0.2) is 50.3 Å². The van der Waals surface area contributed by atoms with Gasteiger partial charge in [0, 0.05) is 26.6 Å². The summed E-state index contributed by atoms with van der Waals surface area (Å²) in [6.07, 6.45) is 3.21. The van der Waals surface area contributed by atoms with Crippen LogP contribution in [0.5, 0.6) is 11.5 Å². The first kappa shape index (κ1) is 16.4. The lowest BCUT2D eigenvalue weighted by molar-refractivity contribution is -0.132. The number of ether oxygens (including phenoxy) is 3. The van der Waals surface area contributed by atoms with Crippen molar-refractivity contribution in [2.75, 3.05) is 33.4 Å². The number of carbonyl (C=O) groups excluding carboxylic acids is 1.